The lowest BCUT2D eigenvalue weighted by atomic mass is 9.61. The molecule has 0 spiro atoms. The molecule has 1 aliphatic carbocycles. The molecule has 0 amide bonds. The highest BCUT2D eigenvalue weighted by Crippen LogP contribution is 2.46. The van der Waals surface area contributed by atoms with Crippen molar-refractivity contribution in [2.45, 2.75) is 103 Å². The smallest absolute Gasteiger partial charge is 0.0658 e. The van der Waals surface area contributed by atoms with Gasteiger partial charge in [0, 0.05) is 35.2 Å². The third-order valence-corrected chi connectivity index (χ3v) is 5.74. The normalized spacial score (nSPS) is 39.0. The fraction of sp³-hybridized carbons (Fsp3) is 1.00. The van der Waals surface area contributed by atoms with Crippen molar-refractivity contribution in [1.82, 2.24) is 10.6 Å². The molecule has 1 saturated carbocycles. The summed E-state index contributed by atoms with van der Waals surface area (Å²) in [7, 11) is 0. The van der Waals surface area contributed by atoms with Crippen molar-refractivity contribution in [3.05, 3.63) is 0 Å². The van der Waals surface area contributed by atoms with Crippen LogP contribution >= 0.6 is 0 Å². The molecule has 0 aromatic carbocycles. The maximum Gasteiger partial charge on any atom is 0.0658 e. The molecule has 0 radical (unpaired) electrons. The monoisotopic (exact) mass is 296 g/mol. The molecule has 1 saturated heterocycles. The maximum atomic E-state index is 5.93. The van der Waals surface area contributed by atoms with Gasteiger partial charge in [-0.2, -0.15) is 0 Å². The van der Waals surface area contributed by atoms with Gasteiger partial charge in [-0.05, 0) is 60.3 Å². The first-order valence-corrected chi connectivity index (χ1v) is 8.79. The van der Waals surface area contributed by atoms with E-state index in [-0.39, 0.29) is 11.1 Å². The predicted molar refractivity (Wildman–Crippen MR) is 89.7 cm³/mol. The third-order valence-electron chi connectivity index (χ3n) is 5.74. The number of hydrogen-bond acceptors (Lipinski definition) is 3. The molecule has 3 nitrogen and oxygen atoms in total. The molecule has 3 atom stereocenters. The van der Waals surface area contributed by atoms with Gasteiger partial charge in [-0.1, -0.05) is 13.8 Å². The molecule has 0 aromatic rings. The second kappa shape index (κ2) is 5.82. The largest absolute Gasteiger partial charge is 0.378 e. The first-order valence-electron chi connectivity index (χ1n) is 8.79. The predicted octanol–water partition coefficient (Wildman–Crippen LogP) is 3.48. The van der Waals surface area contributed by atoms with Gasteiger partial charge in [0.2, 0.25) is 0 Å². The van der Waals surface area contributed by atoms with Crippen molar-refractivity contribution in [3.8, 4) is 0 Å². The van der Waals surface area contributed by atoms with Crippen molar-refractivity contribution in [2.75, 3.05) is 6.61 Å². The highest BCUT2D eigenvalue weighted by atomic mass is 16.5. The fourth-order valence-corrected chi connectivity index (χ4v) is 4.73. The van der Waals surface area contributed by atoms with Gasteiger partial charge in [0.15, 0.2) is 0 Å². The molecule has 3 unspecified atom stereocenters. The molecule has 1 heterocycles. The Labute approximate surface area is 131 Å². The fourth-order valence-electron chi connectivity index (χ4n) is 4.73. The van der Waals surface area contributed by atoms with Crippen molar-refractivity contribution >= 4 is 0 Å². The number of nitrogens with one attached hydrogen (secondary N) is 2. The molecule has 2 aliphatic rings. The number of hydrogen-bond donors (Lipinski definition) is 2. The molecule has 0 bridgehead atoms. The zero-order chi connectivity index (χ0) is 15.9. The van der Waals surface area contributed by atoms with Gasteiger partial charge in [-0.3, -0.25) is 0 Å². The van der Waals surface area contributed by atoms with Crippen LogP contribution in [0.25, 0.3) is 0 Å². The molecule has 3 heteroatoms. The van der Waals surface area contributed by atoms with Crippen LogP contribution in [-0.4, -0.2) is 35.9 Å². The van der Waals surface area contributed by atoms with Gasteiger partial charge in [0.1, 0.15) is 0 Å². The van der Waals surface area contributed by atoms with E-state index in [1.165, 1.54) is 25.7 Å². The molecular weight excluding hydrogens is 260 g/mol. The third kappa shape index (κ3) is 3.62. The van der Waals surface area contributed by atoms with Crippen LogP contribution in [0.4, 0.5) is 0 Å². The first-order chi connectivity index (χ1) is 9.62. The van der Waals surface area contributed by atoms with Crippen molar-refractivity contribution in [3.63, 3.8) is 0 Å². The quantitative estimate of drug-likeness (QED) is 0.815. The summed E-state index contributed by atoms with van der Waals surface area (Å²) in [6, 6.07) is 1.21. The van der Waals surface area contributed by atoms with Crippen molar-refractivity contribution in [2.24, 2.45) is 5.41 Å². The summed E-state index contributed by atoms with van der Waals surface area (Å²) in [6.45, 7) is 16.9. The van der Waals surface area contributed by atoms with E-state index in [0.29, 0.717) is 23.6 Å². The zero-order valence-corrected chi connectivity index (χ0v) is 15.2. The number of ether oxygens (including phenoxy) is 1. The van der Waals surface area contributed by atoms with Crippen LogP contribution in [0, 0.1) is 5.41 Å². The molecule has 0 aromatic heterocycles. The summed E-state index contributed by atoms with van der Waals surface area (Å²) >= 11 is 0. The van der Waals surface area contributed by atoms with E-state index in [1.807, 2.05) is 0 Å². The van der Waals surface area contributed by atoms with Gasteiger partial charge in [-0.25, -0.2) is 0 Å². The SMILES string of the molecule is CCOC1CC(NC2CC(C)(C)NC(C)(C)C2)C1(C)CC. The van der Waals surface area contributed by atoms with Crippen LogP contribution in [0.2, 0.25) is 0 Å². The Balaban J connectivity index is 1.99. The Morgan fingerprint density at radius 3 is 2.10 bits per heavy atom. The van der Waals surface area contributed by atoms with E-state index >= 15 is 0 Å². The van der Waals surface area contributed by atoms with E-state index < -0.39 is 0 Å². The van der Waals surface area contributed by atoms with E-state index in [0.717, 1.165) is 6.61 Å². The van der Waals surface area contributed by atoms with Crippen LogP contribution in [0.15, 0.2) is 0 Å². The Kier molecular flexibility index (Phi) is 4.78. The lowest BCUT2D eigenvalue weighted by molar-refractivity contribution is -0.130. The standard InChI is InChI=1S/C18H36N2O/c1-8-18(7)14(10-15(18)21-9-2)19-13-11-16(3,4)20-17(5,6)12-13/h13-15,19-20H,8-12H2,1-7H3. The summed E-state index contributed by atoms with van der Waals surface area (Å²) in [6.07, 6.45) is 5.20. The minimum atomic E-state index is 0.213. The van der Waals surface area contributed by atoms with Crippen LogP contribution in [-0.2, 0) is 4.74 Å². The second-order valence-electron chi connectivity index (χ2n) is 8.76. The van der Waals surface area contributed by atoms with Gasteiger partial charge in [0.25, 0.3) is 0 Å². The Morgan fingerprint density at radius 1 is 1.05 bits per heavy atom. The minimum Gasteiger partial charge on any atom is -0.378 e. The number of rotatable bonds is 5. The molecule has 2 fully saturated rings. The topological polar surface area (TPSA) is 33.3 Å². The summed E-state index contributed by atoms with van der Waals surface area (Å²) < 4.78 is 5.93. The second-order valence-corrected chi connectivity index (χ2v) is 8.76. The average Bonchev–Trinajstić information content (AvgIpc) is 2.32. The molecule has 2 N–H and O–H groups in total. The summed E-state index contributed by atoms with van der Waals surface area (Å²) in [5, 5.41) is 7.75. The van der Waals surface area contributed by atoms with Gasteiger partial charge >= 0.3 is 0 Å². The minimum absolute atomic E-state index is 0.213. The lowest BCUT2D eigenvalue weighted by Gasteiger charge is -2.56. The van der Waals surface area contributed by atoms with E-state index in [9.17, 15) is 0 Å². The van der Waals surface area contributed by atoms with Gasteiger partial charge in [-0.15, -0.1) is 0 Å². The van der Waals surface area contributed by atoms with Crippen LogP contribution in [0.1, 0.15) is 74.1 Å². The maximum absolute atomic E-state index is 5.93. The summed E-state index contributed by atoms with van der Waals surface area (Å²) in [5.74, 6) is 0. The Hall–Kier alpha value is -0.120. The van der Waals surface area contributed by atoms with Gasteiger partial charge < -0.3 is 15.4 Å². The van der Waals surface area contributed by atoms with Crippen LogP contribution in [0.3, 0.4) is 0 Å². The molecule has 21 heavy (non-hydrogen) atoms. The molecule has 1 aliphatic heterocycles. The van der Waals surface area contributed by atoms with E-state index in [2.05, 4.69) is 59.1 Å². The van der Waals surface area contributed by atoms with Crippen molar-refractivity contribution < 1.29 is 4.74 Å². The average molecular weight is 296 g/mol. The van der Waals surface area contributed by atoms with Gasteiger partial charge in [0.05, 0.1) is 6.10 Å². The van der Waals surface area contributed by atoms with E-state index in [4.69, 9.17) is 4.74 Å². The summed E-state index contributed by atoms with van der Waals surface area (Å²) in [4.78, 5) is 0. The Morgan fingerprint density at radius 2 is 1.62 bits per heavy atom. The highest BCUT2D eigenvalue weighted by molar-refractivity contribution is 5.08. The first kappa shape index (κ1) is 17.2. The molecular formula is C18H36N2O. The highest BCUT2D eigenvalue weighted by Gasteiger charge is 2.52. The zero-order valence-electron chi connectivity index (χ0n) is 15.2. The number of piperidine rings is 1. The van der Waals surface area contributed by atoms with Crippen LogP contribution < -0.4 is 10.6 Å². The summed E-state index contributed by atoms with van der Waals surface area (Å²) in [5.41, 5.74) is 0.728. The molecule has 124 valence electrons. The Bertz CT molecular complexity index is 350. The molecule has 2 rings (SSSR count). The van der Waals surface area contributed by atoms with Crippen molar-refractivity contribution in [1.29, 1.82) is 0 Å². The lowest BCUT2D eigenvalue weighted by Crippen LogP contribution is -2.68. The van der Waals surface area contributed by atoms with Crippen LogP contribution in [0.5, 0.6) is 0 Å². The van der Waals surface area contributed by atoms with E-state index in [1.54, 1.807) is 0 Å².